The molecule has 29 heavy (non-hydrogen) atoms. The molecule has 0 bridgehead atoms. The summed E-state index contributed by atoms with van der Waals surface area (Å²) in [5.74, 6) is 0.146. The van der Waals surface area contributed by atoms with Gasteiger partial charge in [0.1, 0.15) is 0 Å². The van der Waals surface area contributed by atoms with Crippen LogP contribution in [0.3, 0.4) is 0 Å². The zero-order valence-corrected chi connectivity index (χ0v) is 19.4. The monoisotopic (exact) mass is 497 g/mol. The Morgan fingerprint density at radius 2 is 1.66 bits per heavy atom. The van der Waals surface area contributed by atoms with Crippen LogP contribution in [0, 0.1) is 0 Å². The fourth-order valence-electron chi connectivity index (χ4n) is 3.02. The zero-order valence-electron chi connectivity index (χ0n) is 16.2. The van der Waals surface area contributed by atoms with Crippen LogP contribution >= 0.6 is 27.7 Å². The number of benzene rings is 2. The standard InChI is InChI=1S/C20H24BrN3O3S2/c1-2-23-11-13-24(14-12-23)29(26,27)19-9-5-17(6-10-19)22-20(25)15-28-18-7-3-16(21)4-8-18/h3-10H,2,11-15H2,1H3,(H,22,25). The van der Waals surface area contributed by atoms with E-state index < -0.39 is 10.0 Å². The summed E-state index contributed by atoms with van der Waals surface area (Å²) in [6.45, 7) is 5.51. The van der Waals surface area contributed by atoms with Crippen molar-refractivity contribution in [1.29, 1.82) is 0 Å². The van der Waals surface area contributed by atoms with Crippen LogP contribution in [0.15, 0.2) is 62.8 Å². The van der Waals surface area contributed by atoms with Crippen molar-refractivity contribution in [3.8, 4) is 0 Å². The van der Waals surface area contributed by atoms with Crippen molar-refractivity contribution in [2.45, 2.75) is 16.7 Å². The second-order valence-electron chi connectivity index (χ2n) is 6.65. The summed E-state index contributed by atoms with van der Waals surface area (Å²) in [5.41, 5.74) is 0.584. The molecule has 1 fully saturated rings. The molecular formula is C20H24BrN3O3S2. The molecule has 0 radical (unpaired) electrons. The Balaban J connectivity index is 1.55. The first-order chi connectivity index (χ1) is 13.9. The minimum Gasteiger partial charge on any atom is -0.325 e. The highest BCUT2D eigenvalue weighted by molar-refractivity contribution is 9.10. The molecule has 1 aliphatic heterocycles. The fourth-order valence-corrected chi connectivity index (χ4v) is 5.41. The number of halogens is 1. The van der Waals surface area contributed by atoms with E-state index in [1.165, 1.54) is 16.1 Å². The lowest BCUT2D eigenvalue weighted by atomic mass is 10.3. The Morgan fingerprint density at radius 3 is 2.24 bits per heavy atom. The summed E-state index contributed by atoms with van der Waals surface area (Å²) in [4.78, 5) is 15.7. The molecule has 156 valence electrons. The maximum atomic E-state index is 12.8. The summed E-state index contributed by atoms with van der Waals surface area (Å²) in [6, 6.07) is 14.1. The number of rotatable bonds is 7. The zero-order chi connectivity index (χ0) is 20.9. The number of likely N-dealkylation sites (N-methyl/N-ethyl adjacent to an activating group) is 1. The van der Waals surface area contributed by atoms with Crippen molar-refractivity contribution >= 4 is 49.3 Å². The van der Waals surface area contributed by atoms with E-state index in [2.05, 4.69) is 33.1 Å². The van der Waals surface area contributed by atoms with Gasteiger partial charge < -0.3 is 10.2 Å². The Hall–Kier alpha value is -1.39. The molecule has 2 aromatic rings. The predicted octanol–water partition coefficient (Wildman–Crippen LogP) is 3.51. The largest absolute Gasteiger partial charge is 0.325 e. The lowest BCUT2D eigenvalue weighted by molar-refractivity contribution is -0.113. The van der Waals surface area contributed by atoms with Crippen molar-refractivity contribution in [1.82, 2.24) is 9.21 Å². The molecular weight excluding hydrogens is 474 g/mol. The maximum Gasteiger partial charge on any atom is 0.243 e. The molecule has 1 aliphatic rings. The van der Waals surface area contributed by atoms with Crippen LogP contribution in [0.2, 0.25) is 0 Å². The van der Waals surface area contributed by atoms with Gasteiger partial charge in [0.2, 0.25) is 15.9 Å². The van der Waals surface area contributed by atoms with E-state index in [4.69, 9.17) is 0 Å². The smallest absolute Gasteiger partial charge is 0.243 e. The number of piperazine rings is 1. The van der Waals surface area contributed by atoms with Crippen LogP contribution in [0.1, 0.15) is 6.92 Å². The summed E-state index contributed by atoms with van der Waals surface area (Å²) in [7, 11) is -3.50. The van der Waals surface area contributed by atoms with Crippen LogP contribution in [-0.4, -0.2) is 62.0 Å². The Kier molecular flexibility index (Phi) is 7.75. The number of amides is 1. The molecule has 3 rings (SSSR count). The summed E-state index contributed by atoms with van der Waals surface area (Å²) >= 11 is 4.83. The number of hydrogen-bond donors (Lipinski definition) is 1. The molecule has 1 amide bonds. The minimum absolute atomic E-state index is 0.135. The van der Waals surface area contributed by atoms with Gasteiger partial charge in [0, 0.05) is 41.2 Å². The lowest BCUT2D eigenvalue weighted by Crippen LogP contribution is -2.48. The van der Waals surface area contributed by atoms with E-state index in [9.17, 15) is 13.2 Å². The average Bonchev–Trinajstić information content (AvgIpc) is 2.74. The van der Waals surface area contributed by atoms with Gasteiger partial charge in [0.15, 0.2) is 0 Å². The molecule has 1 N–H and O–H groups in total. The van der Waals surface area contributed by atoms with Crippen LogP contribution in [-0.2, 0) is 14.8 Å². The highest BCUT2D eigenvalue weighted by atomic mass is 79.9. The number of anilines is 1. The summed E-state index contributed by atoms with van der Waals surface area (Å²) in [6.07, 6.45) is 0. The van der Waals surface area contributed by atoms with E-state index in [-0.39, 0.29) is 16.6 Å². The van der Waals surface area contributed by atoms with Crippen LogP contribution < -0.4 is 5.32 Å². The molecule has 0 saturated carbocycles. The van der Waals surface area contributed by atoms with Crippen LogP contribution in [0.5, 0.6) is 0 Å². The van der Waals surface area contributed by atoms with Crippen molar-refractivity contribution in [2.24, 2.45) is 0 Å². The first-order valence-corrected chi connectivity index (χ1v) is 12.6. The second-order valence-corrected chi connectivity index (χ2v) is 10.6. The number of nitrogens with zero attached hydrogens (tertiary/aromatic N) is 2. The van der Waals surface area contributed by atoms with Crippen LogP contribution in [0.25, 0.3) is 0 Å². The third-order valence-corrected chi connectivity index (χ3v) is 8.19. The highest BCUT2D eigenvalue weighted by Crippen LogP contribution is 2.22. The second kappa shape index (κ2) is 10.1. The number of carbonyl (C=O) groups is 1. The van der Waals surface area contributed by atoms with Gasteiger partial charge in [-0.25, -0.2) is 8.42 Å². The maximum absolute atomic E-state index is 12.8. The van der Waals surface area contributed by atoms with E-state index in [0.29, 0.717) is 18.8 Å². The molecule has 0 aromatic heterocycles. The Labute approximate surface area is 184 Å². The molecule has 6 nitrogen and oxygen atoms in total. The molecule has 1 saturated heterocycles. The molecule has 0 aliphatic carbocycles. The van der Waals surface area contributed by atoms with E-state index in [0.717, 1.165) is 29.0 Å². The fraction of sp³-hybridized carbons (Fsp3) is 0.350. The van der Waals surface area contributed by atoms with Gasteiger partial charge in [0.25, 0.3) is 0 Å². The number of thioether (sulfide) groups is 1. The van der Waals surface area contributed by atoms with Crippen molar-refractivity contribution in [2.75, 3.05) is 43.8 Å². The minimum atomic E-state index is -3.50. The van der Waals surface area contributed by atoms with Crippen molar-refractivity contribution in [3.05, 3.63) is 53.0 Å². The van der Waals surface area contributed by atoms with Gasteiger partial charge in [-0.3, -0.25) is 4.79 Å². The molecule has 0 atom stereocenters. The first-order valence-electron chi connectivity index (χ1n) is 9.39. The Morgan fingerprint density at radius 1 is 1.03 bits per heavy atom. The van der Waals surface area contributed by atoms with Crippen molar-refractivity contribution < 1.29 is 13.2 Å². The van der Waals surface area contributed by atoms with Gasteiger partial charge in [-0.15, -0.1) is 11.8 Å². The van der Waals surface area contributed by atoms with Gasteiger partial charge >= 0.3 is 0 Å². The van der Waals surface area contributed by atoms with Crippen molar-refractivity contribution in [3.63, 3.8) is 0 Å². The average molecular weight is 498 g/mol. The van der Waals surface area contributed by atoms with Gasteiger partial charge in [-0.05, 0) is 55.1 Å². The third-order valence-electron chi connectivity index (χ3n) is 4.74. The summed E-state index contributed by atoms with van der Waals surface area (Å²) < 4.78 is 28.1. The normalized spacial score (nSPS) is 15.9. The van der Waals surface area contributed by atoms with Crippen LogP contribution in [0.4, 0.5) is 5.69 Å². The third kappa shape index (κ3) is 6.05. The summed E-state index contributed by atoms with van der Waals surface area (Å²) in [5, 5.41) is 2.81. The predicted molar refractivity (Wildman–Crippen MR) is 121 cm³/mol. The van der Waals surface area contributed by atoms with E-state index in [1.54, 1.807) is 24.3 Å². The molecule has 0 spiro atoms. The topological polar surface area (TPSA) is 69.7 Å². The van der Waals surface area contributed by atoms with Gasteiger partial charge in [-0.2, -0.15) is 4.31 Å². The number of hydrogen-bond acceptors (Lipinski definition) is 5. The molecule has 2 aromatic carbocycles. The first kappa shape index (κ1) is 22.3. The van der Waals surface area contributed by atoms with Gasteiger partial charge in [0.05, 0.1) is 10.6 Å². The highest BCUT2D eigenvalue weighted by Gasteiger charge is 2.27. The quantitative estimate of drug-likeness (QED) is 0.592. The SMILES string of the molecule is CCN1CCN(S(=O)(=O)c2ccc(NC(=O)CSc3ccc(Br)cc3)cc2)CC1. The van der Waals surface area contributed by atoms with E-state index >= 15 is 0 Å². The number of sulfonamides is 1. The number of carbonyl (C=O) groups excluding carboxylic acids is 1. The Bertz CT molecular complexity index is 926. The van der Waals surface area contributed by atoms with Gasteiger partial charge in [-0.1, -0.05) is 22.9 Å². The molecule has 1 heterocycles. The lowest BCUT2D eigenvalue weighted by Gasteiger charge is -2.33. The number of nitrogens with one attached hydrogen (secondary N) is 1. The molecule has 0 unspecified atom stereocenters. The molecule has 9 heteroatoms. The van der Waals surface area contributed by atoms with E-state index in [1.807, 2.05) is 24.3 Å².